The van der Waals surface area contributed by atoms with Gasteiger partial charge in [-0.15, -0.1) is 0 Å². The van der Waals surface area contributed by atoms with Crippen LogP contribution in [0.5, 0.6) is 11.5 Å². The minimum absolute atomic E-state index is 0.162. The van der Waals surface area contributed by atoms with E-state index in [1.165, 1.54) is 12.8 Å². The fraction of sp³-hybridized carbons (Fsp3) is 0.360. The van der Waals surface area contributed by atoms with E-state index in [0.717, 1.165) is 34.1 Å². The van der Waals surface area contributed by atoms with Crippen LogP contribution in [0, 0.1) is 0 Å². The van der Waals surface area contributed by atoms with Gasteiger partial charge < -0.3 is 25.4 Å². The van der Waals surface area contributed by atoms with Crippen LogP contribution in [0.4, 0.5) is 0 Å². The third kappa shape index (κ3) is 5.50. The van der Waals surface area contributed by atoms with E-state index in [2.05, 4.69) is 31.9 Å². The summed E-state index contributed by atoms with van der Waals surface area (Å²) in [6.45, 7) is 2.30. The highest BCUT2D eigenvalue weighted by Crippen LogP contribution is 2.42. The van der Waals surface area contributed by atoms with Crippen LogP contribution >= 0.6 is 28.1 Å². The molecule has 2 aromatic rings. The first-order chi connectivity index (χ1) is 16.0. The second-order valence-electron chi connectivity index (χ2n) is 8.30. The van der Waals surface area contributed by atoms with Crippen molar-refractivity contribution >= 4 is 39.2 Å². The number of ether oxygens (including phenoxy) is 2. The first-order valence-electron chi connectivity index (χ1n) is 11.1. The largest absolute Gasteiger partial charge is 0.493 e. The molecule has 3 N–H and O–H groups in total. The molecule has 4 rings (SSSR count). The molecule has 1 atom stereocenters. The van der Waals surface area contributed by atoms with Gasteiger partial charge in [0.15, 0.2) is 16.6 Å². The maximum absolute atomic E-state index is 13.2. The number of hydrogen-bond acceptors (Lipinski definition) is 4. The topological polar surface area (TPSA) is 71.6 Å². The molecule has 0 bridgehead atoms. The Morgan fingerprint density at radius 2 is 1.94 bits per heavy atom. The van der Waals surface area contributed by atoms with Crippen molar-refractivity contribution in [2.45, 2.75) is 51.3 Å². The number of nitrogens with one attached hydrogen (secondary N) is 3. The quantitative estimate of drug-likeness (QED) is 0.443. The van der Waals surface area contributed by atoms with Gasteiger partial charge in [-0.2, -0.15) is 0 Å². The van der Waals surface area contributed by atoms with E-state index in [1.54, 1.807) is 7.11 Å². The highest BCUT2D eigenvalue weighted by Gasteiger charge is 2.31. The first kappa shape index (κ1) is 23.6. The van der Waals surface area contributed by atoms with Crippen molar-refractivity contribution in [3.63, 3.8) is 0 Å². The standard InChI is InChI=1S/C25H28BrN3O3S/c1-15-21(24(30)27-14-16-8-4-3-5-9-16)22(29-25(33)28-15)17-12-19(26)23(20(13-17)31-2)32-18-10-6-7-11-18/h3-5,8-9,12-13,18,22H,6-7,10-11,14H2,1-2H3,(H,27,30)(H2,28,29,33)/t22-/m0/s1. The number of amides is 1. The molecule has 1 aliphatic carbocycles. The van der Waals surface area contributed by atoms with Crippen molar-refractivity contribution in [1.29, 1.82) is 0 Å². The summed E-state index contributed by atoms with van der Waals surface area (Å²) in [4.78, 5) is 13.2. The van der Waals surface area contributed by atoms with Crippen molar-refractivity contribution in [1.82, 2.24) is 16.0 Å². The molecule has 0 spiro atoms. The van der Waals surface area contributed by atoms with Crippen molar-refractivity contribution in [3.8, 4) is 11.5 Å². The molecule has 174 valence electrons. The van der Waals surface area contributed by atoms with Crippen molar-refractivity contribution in [3.05, 3.63) is 69.3 Å². The van der Waals surface area contributed by atoms with E-state index in [9.17, 15) is 4.79 Å². The van der Waals surface area contributed by atoms with Gasteiger partial charge in [-0.1, -0.05) is 30.3 Å². The van der Waals surface area contributed by atoms with Crippen LogP contribution in [0.25, 0.3) is 0 Å². The number of allylic oxidation sites excluding steroid dienone is 1. The van der Waals surface area contributed by atoms with Gasteiger partial charge >= 0.3 is 0 Å². The summed E-state index contributed by atoms with van der Waals surface area (Å²) in [6, 6.07) is 13.3. The minimum Gasteiger partial charge on any atom is -0.493 e. The first-order valence-corrected chi connectivity index (χ1v) is 12.3. The Labute approximate surface area is 208 Å². The number of carbonyl (C=O) groups excluding carboxylic acids is 1. The molecule has 1 aliphatic heterocycles. The van der Waals surface area contributed by atoms with Crippen molar-refractivity contribution in [2.24, 2.45) is 0 Å². The smallest absolute Gasteiger partial charge is 0.251 e. The Morgan fingerprint density at radius 3 is 2.64 bits per heavy atom. The van der Waals surface area contributed by atoms with E-state index in [-0.39, 0.29) is 12.0 Å². The Morgan fingerprint density at radius 1 is 1.21 bits per heavy atom. The maximum Gasteiger partial charge on any atom is 0.251 e. The van der Waals surface area contributed by atoms with Gasteiger partial charge in [0.2, 0.25) is 0 Å². The van der Waals surface area contributed by atoms with E-state index in [1.807, 2.05) is 49.4 Å². The van der Waals surface area contributed by atoms with Crippen LogP contribution in [0.1, 0.15) is 49.8 Å². The summed E-state index contributed by atoms with van der Waals surface area (Å²) in [5, 5.41) is 9.83. The normalized spacial score (nSPS) is 18.5. The number of hydrogen-bond donors (Lipinski definition) is 3. The van der Waals surface area contributed by atoms with E-state index < -0.39 is 6.04 Å². The Bertz CT molecular complexity index is 1070. The number of benzene rings is 2. The zero-order valence-electron chi connectivity index (χ0n) is 18.7. The molecule has 8 heteroatoms. The Balaban J connectivity index is 1.62. The number of thiocarbonyl (C=S) groups is 1. The molecule has 0 aromatic heterocycles. The zero-order chi connectivity index (χ0) is 23.4. The van der Waals surface area contributed by atoms with E-state index in [0.29, 0.717) is 28.7 Å². The average molecular weight is 530 g/mol. The lowest BCUT2D eigenvalue weighted by Crippen LogP contribution is -2.46. The summed E-state index contributed by atoms with van der Waals surface area (Å²) in [5.74, 6) is 1.16. The number of halogens is 1. The van der Waals surface area contributed by atoms with Crippen LogP contribution in [0.3, 0.4) is 0 Å². The minimum atomic E-state index is -0.430. The maximum atomic E-state index is 13.2. The second kappa shape index (κ2) is 10.6. The van der Waals surface area contributed by atoms with Crippen molar-refractivity contribution < 1.29 is 14.3 Å². The molecule has 0 saturated heterocycles. The molecule has 1 saturated carbocycles. The SMILES string of the molecule is COc1cc([C@@H]2NC(=S)NC(C)=C2C(=O)NCc2ccccc2)cc(Br)c1OC1CCCC1. The van der Waals surface area contributed by atoms with Gasteiger partial charge in [-0.25, -0.2) is 0 Å². The Kier molecular flexibility index (Phi) is 7.55. The molecule has 2 aliphatic rings. The summed E-state index contributed by atoms with van der Waals surface area (Å²) in [7, 11) is 1.63. The van der Waals surface area contributed by atoms with Crippen LogP contribution in [0.2, 0.25) is 0 Å². The summed E-state index contributed by atoms with van der Waals surface area (Å²) >= 11 is 9.06. The molecule has 1 fully saturated rings. The molecule has 1 heterocycles. The fourth-order valence-corrected chi connectivity index (χ4v) is 5.14. The Hall–Kier alpha value is -2.58. The van der Waals surface area contributed by atoms with E-state index in [4.69, 9.17) is 21.7 Å². The average Bonchev–Trinajstić information content (AvgIpc) is 3.32. The predicted molar refractivity (Wildman–Crippen MR) is 136 cm³/mol. The highest BCUT2D eigenvalue weighted by molar-refractivity contribution is 9.10. The lowest BCUT2D eigenvalue weighted by Gasteiger charge is -2.31. The predicted octanol–water partition coefficient (Wildman–Crippen LogP) is 4.89. The van der Waals surface area contributed by atoms with Gasteiger partial charge in [0, 0.05) is 12.2 Å². The molecule has 33 heavy (non-hydrogen) atoms. The van der Waals surface area contributed by atoms with Crippen LogP contribution in [-0.2, 0) is 11.3 Å². The summed E-state index contributed by atoms with van der Waals surface area (Å²) < 4.78 is 12.7. The van der Waals surface area contributed by atoms with Crippen molar-refractivity contribution in [2.75, 3.05) is 7.11 Å². The monoisotopic (exact) mass is 529 g/mol. The second-order valence-corrected chi connectivity index (χ2v) is 9.56. The lowest BCUT2D eigenvalue weighted by molar-refractivity contribution is -0.118. The fourth-order valence-electron chi connectivity index (χ4n) is 4.31. The molecule has 1 amide bonds. The lowest BCUT2D eigenvalue weighted by atomic mass is 9.94. The molecule has 0 unspecified atom stereocenters. The van der Waals surface area contributed by atoms with Crippen LogP contribution in [-0.4, -0.2) is 24.2 Å². The number of carbonyl (C=O) groups is 1. The third-order valence-electron chi connectivity index (χ3n) is 5.98. The molecular weight excluding hydrogens is 502 g/mol. The molecular formula is C25H28BrN3O3S. The molecule has 2 aromatic carbocycles. The number of rotatable bonds is 7. The molecule has 0 radical (unpaired) electrons. The number of methoxy groups -OCH3 is 1. The molecule has 6 nitrogen and oxygen atoms in total. The van der Waals surface area contributed by atoms with Crippen LogP contribution in [0.15, 0.2) is 58.2 Å². The summed E-state index contributed by atoms with van der Waals surface area (Å²) in [5.41, 5.74) is 3.19. The zero-order valence-corrected chi connectivity index (χ0v) is 21.1. The van der Waals surface area contributed by atoms with Gasteiger partial charge in [0.1, 0.15) is 0 Å². The van der Waals surface area contributed by atoms with Gasteiger partial charge in [-0.05, 0) is 84.0 Å². The van der Waals surface area contributed by atoms with Gasteiger partial charge in [0.05, 0.1) is 29.3 Å². The summed E-state index contributed by atoms with van der Waals surface area (Å²) in [6.07, 6.45) is 4.67. The van der Waals surface area contributed by atoms with Gasteiger partial charge in [-0.3, -0.25) is 4.79 Å². The highest BCUT2D eigenvalue weighted by atomic mass is 79.9. The van der Waals surface area contributed by atoms with Gasteiger partial charge in [0.25, 0.3) is 5.91 Å². The third-order valence-corrected chi connectivity index (χ3v) is 6.79. The van der Waals surface area contributed by atoms with E-state index >= 15 is 0 Å². The van der Waals surface area contributed by atoms with Crippen LogP contribution < -0.4 is 25.4 Å².